The van der Waals surface area contributed by atoms with Gasteiger partial charge in [-0.15, -0.1) is 0 Å². The van der Waals surface area contributed by atoms with Crippen LogP contribution >= 0.6 is 0 Å². The standard InChI is InChI=1S/C76H46N8/c1-11-32-62-49(22-1)50-23-2-12-33-63(50)81(62)71-38-18-40-73(77-71)83-67-37-16-8-29-57(67)75-68(83)43-42-56-53-26-5-10-31-61(53)80(76(56)75)48-21-17-20-47(44-48)79-60-30-9-6-27-54(60)58-46-70-59(45-69(58)79)55-28-7-15-36-66(55)84(70)74-41-19-39-72(78-74)82-64-34-13-3-24-51(64)52-25-4-14-35-65(52)82/h1-46H. The van der Waals surface area contributed by atoms with E-state index in [1.54, 1.807) is 0 Å². The number of nitrogens with zero attached hydrogens (tertiary/aromatic N) is 8. The summed E-state index contributed by atoms with van der Waals surface area (Å²) in [5.41, 5.74) is 15.7. The predicted molar refractivity (Wildman–Crippen MR) is 348 cm³/mol. The maximum atomic E-state index is 5.55. The maximum absolute atomic E-state index is 5.55. The lowest BCUT2D eigenvalue weighted by Crippen LogP contribution is -2.03. The molecule has 0 saturated carbocycles. The summed E-state index contributed by atoms with van der Waals surface area (Å²) >= 11 is 0. The van der Waals surface area contributed by atoms with Gasteiger partial charge in [0.25, 0.3) is 0 Å². The van der Waals surface area contributed by atoms with Crippen molar-refractivity contribution in [2.24, 2.45) is 0 Å². The molecule has 390 valence electrons. The summed E-state index contributed by atoms with van der Waals surface area (Å²) in [6.07, 6.45) is 0. The van der Waals surface area contributed by atoms with Crippen LogP contribution in [0.5, 0.6) is 0 Å². The SMILES string of the molecule is c1cc(-n2c3ccccc3c3cc4c(cc32)c2ccccc2n4-c2cccc(-n3c4ccccc4c4ccccc43)n2)cc(-n2c3ccccc3c3ccc4c(c5ccccc5n4-c4cccc(-n5c6ccccc6c6ccccc65)n4)c32)c1. The number of benzene rings is 11. The Kier molecular flexibility index (Phi) is 9.18. The summed E-state index contributed by atoms with van der Waals surface area (Å²) in [6.45, 7) is 0. The van der Waals surface area contributed by atoms with Gasteiger partial charge in [-0.3, -0.25) is 18.3 Å². The van der Waals surface area contributed by atoms with E-state index in [9.17, 15) is 0 Å². The Morgan fingerprint density at radius 2 is 0.476 bits per heavy atom. The summed E-state index contributed by atoms with van der Waals surface area (Å²) in [6, 6.07) is 101. The third kappa shape index (κ3) is 6.14. The van der Waals surface area contributed by atoms with E-state index in [0.29, 0.717) is 0 Å². The summed E-state index contributed by atoms with van der Waals surface area (Å²) in [5.74, 6) is 3.47. The zero-order valence-corrected chi connectivity index (χ0v) is 45.1. The van der Waals surface area contributed by atoms with Gasteiger partial charge >= 0.3 is 0 Å². The molecule has 0 fully saturated rings. The minimum absolute atomic E-state index is 0.859. The molecule has 8 heterocycles. The molecular formula is C76H46N8. The van der Waals surface area contributed by atoms with Gasteiger partial charge in [0.05, 0.1) is 66.2 Å². The van der Waals surface area contributed by atoms with Gasteiger partial charge in [0, 0.05) is 76.0 Å². The van der Waals surface area contributed by atoms with Crippen LogP contribution in [0.25, 0.3) is 165 Å². The highest BCUT2D eigenvalue weighted by atomic mass is 15.2. The minimum atomic E-state index is 0.859. The topological polar surface area (TPSA) is 55.4 Å². The Morgan fingerprint density at radius 1 is 0.179 bits per heavy atom. The van der Waals surface area contributed by atoms with E-state index in [1.807, 2.05) is 0 Å². The summed E-state index contributed by atoms with van der Waals surface area (Å²) in [5, 5.41) is 14.3. The molecule has 0 saturated heterocycles. The number of fused-ring (bicyclic) bond motifs is 19. The largest absolute Gasteiger partial charge is 0.309 e. The van der Waals surface area contributed by atoms with Crippen molar-refractivity contribution in [1.82, 2.24) is 37.4 Å². The fourth-order valence-electron chi connectivity index (χ4n) is 14.4. The van der Waals surface area contributed by atoms with Gasteiger partial charge in [-0.25, -0.2) is 9.97 Å². The summed E-state index contributed by atoms with van der Waals surface area (Å²) in [4.78, 5) is 11.1. The Hall–Kier alpha value is -11.5. The van der Waals surface area contributed by atoms with Crippen LogP contribution in [0.3, 0.4) is 0 Å². The van der Waals surface area contributed by atoms with Crippen molar-refractivity contribution in [3.8, 4) is 34.6 Å². The van der Waals surface area contributed by atoms with Crippen molar-refractivity contribution in [3.05, 3.63) is 279 Å². The molecular weight excluding hydrogens is 1020 g/mol. The maximum Gasteiger partial charge on any atom is 0.140 e. The van der Waals surface area contributed by atoms with Gasteiger partial charge in [0.15, 0.2) is 0 Å². The first-order valence-corrected chi connectivity index (χ1v) is 28.7. The van der Waals surface area contributed by atoms with Gasteiger partial charge in [0.1, 0.15) is 23.3 Å². The van der Waals surface area contributed by atoms with E-state index < -0.39 is 0 Å². The van der Waals surface area contributed by atoms with E-state index in [2.05, 4.69) is 306 Å². The van der Waals surface area contributed by atoms with Gasteiger partial charge < -0.3 is 9.13 Å². The van der Waals surface area contributed by atoms with Crippen molar-refractivity contribution in [2.75, 3.05) is 0 Å². The molecule has 0 atom stereocenters. The normalized spacial score (nSPS) is 12.3. The molecule has 19 rings (SSSR count). The number of hydrogen-bond acceptors (Lipinski definition) is 2. The first-order valence-electron chi connectivity index (χ1n) is 28.7. The molecule has 8 nitrogen and oxygen atoms in total. The van der Waals surface area contributed by atoms with E-state index >= 15 is 0 Å². The lowest BCUT2D eigenvalue weighted by Gasteiger charge is -2.14. The van der Waals surface area contributed by atoms with E-state index in [-0.39, 0.29) is 0 Å². The van der Waals surface area contributed by atoms with Gasteiger partial charge in [-0.05, 0) is 109 Å². The number of para-hydroxylation sites is 8. The molecule has 0 aliphatic rings. The molecule has 0 amide bonds. The van der Waals surface area contributed by atoms with Gasteiger partial charge in [-0.2, -0.15) is 0 Å². The molecule has 0 bridgehead atoms. The monoisotopic (exact) mass is 1070 g/mol. The Labute approximate surface area is 479 Å². The van der Waals surface area contributed by atoms with Crippen LogP contribution in [0.15, 0.2) is 279 Å². The molecule has 0 spiro atoms. The molecule has 0 N–H and O–H groups in total. The van der Waals surface area contributed by atoms with Crippen molar-refractivity contribution in [1.29, 1.82) is 0 Å². The first kappa shape index (κ1) is 45.3. The van der Waals surface area contributed by atoms with Crippen LogP contribution in [-0.2, 0) is 0 Å². The predicted octanol–water partition coefficient (Wildman–Crippen LogP) is 19.1. The lowest BCUT2D eigenvalue weighted by atomic mass is 10.1. The quantitative estimate of drug-likeness (QED) is 0.167. The molecule has 0 aliphatic carbocycles. The second kappa shape index (κ2) is 17.0. The molecule has 8 heteroatoms. The van der Waals surface area contributed by atoms with Crippen LogP contribution in [0, 0.1) is 0 Å². The second-order valence-electron chi connectivity index (χ2n) is 22.1. The van der Waals surface area contributed by atoms with E-state index in [0.717, 1.165) is 101 Å². The molecule has 0 radical (unpaired) electrons. The molecule has 0 aliphatic heterocycles. The van der Waals surface area contributed by atoms with E-state index in [4.69, 9.17) is 9.97 Å². The van der Waals surface area contributed by atoms with Gasteiger partial charge in [0.2, 0.25) is 0 Å². The third-order valence-electron chi connectivity index (χ3n) is 17.8. The van der Waals surface area contributed by atoms with Crippen LogP contribution in [0.4, 0.5) is 0 Å². The molecule has 8 aromatic heterocycles. The molecule has 84 heavy (non-hydrogen) atoms. The average molecular weight is 1070 g/mol. The van der Waals surface area contributed by atoms with Crippen LogP contribution in [0.1, 0.15) is 0 Å². The Balaban J connectivity index is 0.811. The highest BCUT2D eigenvalue weighted by Crippen LogP contribution is 2.45. The van der Waals surface area contributed by atoms with Crippen molar-refractivity contribution in [3.63, 3.8) is 0 Å². The zero-order valence-electron chi connectivity index (χ0n) is 45.1. The van der Waals surface area contributed by atoms with Crippen molar-refractivity contribution < 1.29 is 0 Å². The summed E-state index contributed by atoms with van der Waals surface area (Å²) < 4.78 is 14.3. The molecule has 19 aromatic rings. The highest BCUT2D eigenvalue weighted by Gasteiger charge is 2.25. The van der Waals surface area contributed by atoms with Crippen molar-refractivity contribution >= 4 is 131 Å². The van der Waals surface area contributed by atoms with E-state index in [1.165, 1.54) is 64.6 Å². The number of pyridine rings is 2. The highest BCUT2D eigenvalue weighted by molar-refractivity contribution is 6.26. The Morgan fingerprint density at radius 3 is 0.917 bits per heavy atom. The fraction of sp³-hybridized carbons (Fsp3) is 0. The van der Waals surface area contributed by atoms with Crippen LogP contribution < -0.4 is 0 Å². The number of aromatic nitrogens is 8. The number of rotatable bonds is 6. The first-order chi connectivity index (χ1) is 41.7. The fourth-order valence-corrected chi connectivity index (χ4v) is 14.4. The minimum Gasteiger partial charge on any atom is -0.309 e. The third-order valence-corrected chi connectivity index (χ3v) is 17.8. The van der Waals surface area contributed by atoms with Crippen LogP contribution in [0.2, 0.25) is 0 Å². The molecule has 0 unspecified atom stereocenters. The van der Waals surface area contributed by atoms with Gasteiger partial charge in [-0.1, -0.05) is 170 Å². The summed E-state index contributed by atoms with van der Waals surface area (Å²) in [7, 11) is 0. The average Bonchev–Trinajstić information content (AvgIpc) is 2.13. The molecule has 11 aromatic carbocycles. The number of hydrogen-bond donors (Lipinski definition) is 0. The second-order valence-corrected chi connectivity index (χ2v) is 22.1. The Bertz CT molecular complexity index is 5910. The van der Waals surface area contributed by atoms with Crippen molar-refractivity contribution in [2.45, 2.75) is 0 Å². The zero-order chi connectivity index (χ0) is 54.7. The smallest absolute Gasteiger partial charge is 0.140 e. The van der Waals surface area contributed by atoms with Crippen LogP contribution in [-0.4, -0.2) is 37.4 Å². The lowest BCUT2D eigenvalue weighted by molar-refractivity contribution is 1.01.